The van der Waals surface area contributed by atoms with E-state index in [0.29, 0.717) is 23.6 Å². The molecule has 2 aromatic rings. The first-order chi connectivity index (χ1) is 15.5. The molecule has 1 N–H and O–H groups in total. The average Bonchev–Trinajstić information content (AvgIpc) is 3.43. The van der Waals surface area contributed by atoms with Crippen molar-refractivity contribution in [1.82, 2.24) is 19.8 Å². The largest absolute Gasteiger partial charge is 0.471 e. The van der Waals surface area contributed by atoms with Crippen molar-refractivity contribution in [3.8, 4) is 23.7 Å². The van der Waals surface area contributed by atoms with Crippen LogP contribution in [0.25, 0.3) is 11.4 Å². The molecule has 1 aromatic heterocycles. The maximum absolute atomic E-state index is 13.1. The summed E-state index contributed by atoms with van der Waals surface area (Å²) in [5.41, 5.74) is 1.02. The number of amides is 1. The van der Waals surface area contributed by atoms with Crippen LogP contribution in [-0.2, 0) is 27.5 Å². The van der Waals surface area contributed by atoms with Gasteiger partial charge in [-0.15, -0.1) is 12.3 Å². The Balaban J connectivity index is 1.76. The van der Waals surface area contributed by atoms with E-state index in [9.17, 15) is 26.4 Å². The average molecular weight is 485 g/mol. The summed E-state index contributed by atoms with van der Waals surface area (Å²) in [5.74, 6) is 0.435. The predicted octanol–water partition coefficient (Wildman–Crippen LogP) is 2.83. The lowest BCUT2D eigenvalue weighted by atomic mass is 10.1. The van der Waals surface area contributed by atoms with E-state index in [0.717, 1.165) is 12.8 Å². The first kappa shape index (κ1) is 24.7. The van der Waals surface area contributed by atoms with E-state index in [1.807, 2.05) is 0 Å². The molecule has 0 radical (unpaired) electrons. The molecule has 1 unspecified atom stereocenters. The van der Waals surface area contributed by atoms with Crippen molar-refractivity contribution in [2.45, 2.75) is 44.9 Å². The Morgan fingerprint density at radius 1 is 1.33 bits per heavy atom. The topological polar surface area (TPSA) is 105 Å². The number of nitrogens with one attached hydrogen (secondary N) is 1. The molecule has 1 saturated carbocycles. The predicted molar refractivity (Wildman–Crippen MR) is 113 cm³/mol. The van der Waals surface area contributed by atoms with Crippen molar-refractivity contribution in [2.24, 2.45) is 5.92 Å². The molecule has 0 bridgehead atoms. The van der Waals surface area contributed by atoms with Crippen LogP contribution in [0.2, 0.25) is 0 Å². The fraction of sp³-hybridized carbons (Fsp3) is 0.476. The van der Waals surface area contributed by atoms with Gasteiger partial charge < -0.3 is 9.42 Å². The van der Waals surface area contributed by atoms with Crippen LogP contribution in [-0.4, -0.2) is 47.7 Å². The van der Waals surface area contributed by atoms with Gasteiger partial charge in [-0.2, -0.15) is 18.2 Å². The molecule has 1 atom stereocenters. The zero-order valence-corrected chi connectivity index (χ0v) is 18.6. The molecule has 3 rings (SSSR count). The van der Waals surface area contributed by atoms with E-state index in [1.165, 1.54) is 19.1 Å². The maximum Gasteiger partial charge on any atom is 0.471 e. The Bertz CT molecular complexity index is 1120. The van der Waals surface area contributed by atoms with Crippen LogP contribution in [0.4, 0.5) is 13.2 Å². The number of rotatable bonds is 10. The molecular formula is C21H23F3N4O4S. The van der Waals surface area contributed by atoms with Gasteiger partial charge in [0.2, 0.25) is 21.8 Å². The van der Waals surface area contributed by atoms with Crippen LogP contribution in [0.1, 0.15) is 37.6 Å². The van der Waals surface area contributed by atoms with Crippen LogP contribution in [0.3, 0.4) is 0 Å². The van der Waals surface area contributed by atoms with Gasteiger partial charge in [0.1, 0.15) is 6.04 Å². The Morgan fingerprint density at radius 2 is 2.00 bits per heavy atom. The van der Waals surface area contributed by atoms with Crippen molar-refractivity contribution in [3.63, 3.8) is 0 Å². The Morgan fingerprint density at radius 3 is 2.52 bits per heavy atom. The number of nitrogens with zero attached hydrogens (tertiary/aromatic N) is 3. The van der Waals surface area contributed by atoms with Crippen LogP contribution >= 0.6 is 0 Å². The summed E-state index contributed by atoms with van der Waals surface area (Å²) in [6.07, 6.45) is 2.48. The molecule has 1 aliphatic carbocycles. The summed E-state index contributed by atoms with van der Waals surface area (Å²) in [6.45, 7) is 2.10. The second kappa shape index (κ2) is 9.93. The van der Waals surface area contributed by atoms with Gasteiger partial charge in [-0.3, -0.25) is 4.79 Å². The summed E-state index contributed by atoms with van der Waals surface area (Å²) in [7, 11) is -3.65. The highest BCUT2D eigenvalue weighted by molar-refractivity contribution is 7.89. The summed E-state index contributed by atoms with van der Waals surface area (Å²) in [6, 6.07) is 5.26. The van der Waals surface area contributed by atoms with Gasteiger partial charge >= 0.3 is 12.1 Å². The van der Waals surface area contributed by atoms with Gasteiger partial charge in [-0.25, -0.2) is 13.1 Å². The Kier molecular flexibility index (Phi) is 7.44. The third-order valence-electron chi connectivity index (χ3n) is 5.06. The van der Waals surface area contributed by atoms with Crippen molar-refractivity contribution in [1.29, 1.82) is 0 Å². The van der Waals surface area contributed by atoms with E-state index in [2.05, 4.69) is 25.3 Å². The second-order valence-corrected chi connectivity index (χ2v) is 9.80. The normalized spacial score (nSPS) is 15.1. The van der Waals surface area contributed by atoms with Crippen molar-refractivity contribution in [3.05, 3.63) is 35.7 Å². The molecule has 0 aliphatic heterocycles. The van der Waals surface area contributed by atoms with Crippen LogP contribution in [0.5, 0.6) is 0 Å². The zero-order valence-electron chi connectivity index (χ0n) is 17.8. The number of sulfonamides is 1. The molecule has 1 heterocycles. The number of carbonyl (C=O) groups is 1. The lowest BCUT2D eigenvalue weighted by Gasteiger charge is -2.27. The highest BCUT2D eigenvalue weighted by atomic mass is 32.2. The SMILES string of the molecule is C#CCC(NS(=O)(=O)CC)C(=O)N(Cc1ccc(-c2noc(C(F)(F)F)n2)cc1)CC1CC1. The van der Waals surface area contributed by atoms with Gasteiger partial charge in [0, 0.05) is 25.1 Å². The lowest BCUT2D eigenvalue weighted by Crippen LogP contribution is -2.49. The van der Waals surface area contributed by atoms with Crippen molar-refractivity contribution in [2.75, 3.05) is 12.3 Å². The van der Waals surface area contributed by atoms with E-state index in [1.54, 1.807) is 17.0 Å². The molecular weight excluding hydrogens is 461 g/mol. The van der Waals surface area contributed by atoms with E-state index >= 15 is 0 Å². The molecule has 1 amide bonds. The molecule has 8 nitrogen and oxygen atoms in total. The first-order valence-corrected chi connectivity index (χ1v) is 11.9. The van der Waals surface area contributed by atoms with Crippen LogP contribution < -0.4 is 4.72 Å². The van der Waals surface area contributed by atoms with Crippen molar-refractivity contribution >= 4 is 15.9 Å². The number of aromatic nitrogens is 2. The minimum atomic E-state index is -4.73. The number of hydrogen-bond acceptors (Lipinski definition) is 6. The zero-order chi connectivity index (χ0) is 24.2. The molecule has 178 valence electrons. The van der Waals surface area contributed by atoms with Gasteiger partial charge in [-0.1, -0.05) is 29.4 Å². The standard InChI is InChI=1S/C21H23F3N4O4S/c1-3-5-17(27-33(30,31)4-2)19(29)28(12-14-6-7-14)13-15-8-10-16(11-9-15)18-25-20(32-26-18)21(22,23)24/h1,8-11,14,17,27H,4-7,12-13H2,2H3. The fourth-order valence-electron chi connectivity index (χ4n) is 3.10. The number of hydrogen-bond donors (Lipinski definition) is 1. The van der Waals surface area contributed by atoms with Gasteiger partial charge in [0.15, 0.2) is 0 Å². The van der Waals surface area contributed by atoms with E-state index < -0.39 is 34.0 Å². The number of carbonyl (C=O) groups excluding carboxylic acids is 1. The summed E-state index contributed by atoms with van der Waals surface area (Å²) < 4.78 is 68.6. The molecule has 1 aromatic carbocycles. The highest BCUT2D eigenvalue weighted by Gasteiger charge is 2.38. The number of halogens is 3. The first-order valence-electron chi connectivity index (χ1n) is 10.2. The number of terminal acetylenes is 1. The van der Waals surface area contributed by atoms with Crippen molar-refractivity contribution < 1.29 is 30.9 Å². The number of alkyl halides is 3. The lowest BCUT2D eigenvalue weighted by molar-refractivity contribution is -0.159. The van der Waals surface area contributed by atoms with Crippen LogP contribution in [0.15, 0.2) is 28.8 Å². The third-order valence-corrected chi connectivity index (χ3v) is 6.47. The highest BCUT2D eigenvalue weighted by Crippen LogP contribution is 2.31. The molecule has 0 saturated heterocycles. The minimum Gasteiger partial charge on any atom is -0.337 e. The third kappa shape index (κ3) is 6.79. The van der Waals surface area contributed by atoms with Crippen LogP contribution in [0, 0.1) is 18.3 Å². The summed E-state index contributed by atoms with van der Waals surface area (Å²) in [4.78, 5) is 18.1. The number of benzene rings is 1. The van der Waals surface area contributed by atoms with Gasteiger partial charge in [-0.05, 0) is 31.2 Å². The molecule has 33 heavy (non-hydrogen) atoms. The monoisotopic (exact) mass is 484 g/mol. The molecule has 0 spiro atoms. The van der Waals surface area contributed by atoms with Gasteiger partial charge in [0.25, 0.3) is 0 Å². The molecule has 12 heteroatoms. The van der Waals surface area contributed by atoms with E-state index in [-0.39, 0.29) is 24.5 Å². The molecule has 1 fully saturated rings. The summed E-state index contributed by atoms with van der Waals surface area (Å²) >= 11 is 0. The second-order valence-electron chi connectivity index (χ2n) is 7.76. The summed E-state index contributed by atoms with van der Waals surface area (Å²) in [5, 5.41) is 3.35. The Labute approximate surface area is 189 Å². The van der Waals surface area contributed by atoms with Gasteiger partial charge in [0.05, 0.1) is 5.75 Å². The molecule has 1 aliphatic rings. The smallest absolute Gasteiger partial charge is 0.337 e. The quantitative estimate of drug-likeness (QED) is 0.520. The fourth-order valence-corrected chi connectivity index (χ4v) is 3.88. The minimum absolute atomic E-state index is 0.0858. The maximum atomic E-state index is 13.1. The Hall–Kier alpha value is -2.91. The van der Waals surface area contributed by atoms with E-state index in [4.69, 9.17) is 6.42 Å².